The Morgan fingerprint density at radius 1 is 1.19 bits per heavy atom. The van der Waals surface area contributed by atoms with E-state index in [2.05, 4.69) is 32.4 Å². The molecule has 7 heteroatoms. The Morgan fingerprint density at radius 2 is 2.07 bits per heavy atom. The zero-order chi connectivity index (χ0) is 18.8. The van der Waals surface area contributed by atoms with Gasteiger partial charge in [-0.25, -0.2) is 18.7 Å². The summed E-state index contributed by atoms with van der Waals surface area (Å²) in [6.45, 7) is 3.28. The van der Waals surface area contributed by atoms with Crippen molar-refractivity contribution in [3.63, 3.8) is 0 Å². The van der Waals surface area contributed by atoms with Gasteiger partial charge in [-0.1, -0.05) is 0 Å². The molecule has 0 saturated carbocycles. The lowest BCUT2D eigenvalue weighted by atomic mass is 10.1. The van der Waals surface area contributed by atoms with E-state index in [1.54, 1.807) is 6.20 Å². The van der Waals surface area contributed by atoms with E-state index in [1.807, 2.05) is 0 Å². The lowest BCUT2D eigenvalue weighted by Crippen LogP contribution is -2.18. The Kier molecular flexibility index (Phi) is 4.94. The van der Waals surface area contributed by atoms with Gasteiger partial charge in [-0.2, -0.15) is 5.10 Å². The monoisotopic (exact) mass is 369 g/mol. The number of fused-ring (bicyclic) bond motifs is 1. The van der Waals surface area contributed by atoms with Crippen molar-refractivity contribution < 1.29 is 8.78 Å². The number of benzene rings is 1. The molecule has 0 aliphatic heterocycles. The molecule has 27 heavy (non-hydrogen) atoms. The van der Waals surface area contributed by atoms with Crippen molar-refractivity contribution in [1.82, 2.24) is 25.5 Å². The van der Waals surface area contributed by atoms with E-state index >= 15 is 0 Å². The largest absolute Gasteiger partial charge is 0.312 e. The number of aromatic amines is 1. The molecule has 0 saturated heterocycles. The second-order valence-corrected chi connectivity index (χ2v) is 6.83. The van der Waals surface area contributed by atoms with Gasteiger partial charge in [0.1, 0.15) is 17.5 Å². The average molecular weight is 369 g/mol. The minimum atomic E-state index is -0.609. The van der Waals surface area contributed by atoms with Gasteiger partial charge in [-0.05, 0) is 43.9 Å². The van der Waals surface area contributed by atoms with E-state index < -0.39 is 11.6 Å². The molecule has 0 atom stereocenters. The Hall–Kier alpha value is -2.67. The summed E-state index contributed by atoms with van der Waals surface area (Å²) >= 11 is 0. The molecule has 0 fully saturated rings. The summed E-state index contributed by atoms with van der Waals surface area (Å²) < 4.78 is 27.1. The highest BCUT2D eigenvalue weighted by molar-refractivity contribution is 5.63. The van der Waals surface area contributed by atoms with Gasteiger partial charge >= 0.3 is 0 Å². The second-order valence-electron chi connectivity index (χ2n) is 6.83. The lowest BCUT2D eigenvalue weighted by Gasteiger charge is -2.08. The Morgan fingerprint density at radius 3 is 2.93 bits per heavy atom. The van der Waals surface area contributed by atoms with E-state index in [0.717, 1.165) is 48.8 Å². The Balaban J connectivity index is 1.38. The summed E-state index contributed by atoms with van der Waals surface area (Å²) in [5.41, 5.74) is 5.30. The van der Waals surface area contributed by atoms with Crippen molar-refractivity contribution in [2.75, 3.05) is 6.54 Å². The number of aromatic nitrogens is 4. The van der Waals surface area contributed by atoms with E-state index in [0.29, 0.717) is 24.3 Å². The molecule has 2 heterocycles. The van der Waals surface area contributed by atoms with E-state index in [1.165, 1.54) is 23.4 Å². The lowest BCUT2D eigenvalue weighted by molar-refractivity contribution is 0.585. The van der Waals surface area contributed by atoms with Gasteiger partial charge in [0.25, 0.3) is 0 Å². The highest BCUT2D eigenvalue weighted by Gasteiger charge is 2.17. The number of nitrogens with one attached hydrogen (secondary N) is 2. The van der Waals surface area contributed by atoms with Gasteiger partial charge in [0.05, 0.1) is 11.9 Å². The van der Waals surface area contributed by atoms with Crippen LogP contribution in [0.15, 0.2) is 24.4 Å². The van der Waals surface area contributed by atoms with Crippen molar-refractivity contribution in [3.8, 4) is 11.3 Å². The van der Waals surface area contributed by atoms with Crippen LogP contribution < -0.4 is 5.32 Å². The molecule has 0 radical (unpaired) electrons. The molecule has 2 N–H and O–H groups in total. The van der Waals surface area contributed by atoms with Gasteiger partial charge in [0, 0.05) is 48.1 Å². The molecule has 0 unspecified atom stereocenters. The minimum Gasteiger partial charge on any atom is -0.312 e. The molecule has 5 nitrogen and oxygen atoms in total. The number of aryl methyl sites for hydroxylation is 2. The van der Waals surface area contributed by atoms with Crippen LogP contribution in [0.5, 0.6) is 0 Å². The van der Waals surface area contributed by atoms with E-state index in [4.69, 9.17) is 0 Å². The predicted octanol–water partition coefficient (Wildman–Crippen LogP) is 3.27. The van der Waals surface area contributed by atoms with Crippen LogP contribution in [0.4, 0.5) is 8.78 Å². The first-order chi connectivity index (χ1) is 13.1. The number of rotatable bonds is 6. The molecule has 1 aliphatic rings. The molecule has 0 amide bonds. The predicted molar refractivity (Wildman–Crippen MR) is 98.1 cm³/mol. The fourth-order valence-corrected chi connectivity index (χ4v) is 3.59. The minimum absolute atomic E-state index is 0.309. The van der Waals surface area contributed by atoms with E-state index in [9.17, 15) is 8.78 Å². The fourth-order valence-electron chi connectivity index (χ4n) is 3.59. The number of hydrogen-bond donors (Lipinski definition) is 2. The molecule has 0 bridgehead atoms. The van der Waals surface area contributed by atoms with Crippen LogP contribution in [0.3, 0.4) is 0 Å². The number of H-pyrrole nitrogens is 1. The van der Waals surface area contributed by atoms with Crippen molar-refractivity contribution in [2.24, 2.45) is 0 Å². The van der Waals surface area contributed by atoms with Crippen LogP contribution in [0.25, 0.3) is 11.3 Å². The van der Waals surface area contributed by atoms with Crippen molar-refractivity contribution in [2.45, 2.75) is 39.2 Å². The first kappa shape index (κ1) is 17.7. The maximum atomic E-state index is 14.0. The third kappa shape index (κ3) is 3.73. The molecule has 3 aromatic rings. The summed E-state index contributed by atoms with van der Waals surface area (Å²) in [6.07, 6.45) is 5.67. The van der Waals surface area contributed by atoms with Crippen LogP contribution in [-0.2, 0) is 25.8 Å². The number of nitrogens with zero attached hydrogens (tertiary/aromatic N) is 3. The third-order valence-electron chi connectivity index (χ3n) is 4.95. The number of hydrogen-bond acceptors (Lipinski definition) is 4. The molecule has 2 aromatic heterocycles. The van der Waals surface area contributed by atoms with Gasteiger partial charge in [-0.15, -0.1) is 0 Å². The number of halogens is 2. The van der Waals surface area contributed by atoms with E-state index in [-0.39, 0.29) is 0 Å². The van der Waals surface area contributed by atoms with Gasteiger partial charge in [-0.3, -0.25) is 5.10 Å². The molecule has 4 rings (SSSR count). The van der Waals surface area contributed by atoms with Crippen molar-refractivity contribution in [3.05, 3.63) is 64.4 Å². The van der Waals surface area contributed by atoms with Crippen LogP contribution in [0, 0.1) is 18.6 Å². The quantitative estimate of drug-likeness (QED) is 0.655. The first-order valence-electron chi connectivity index (χ1n) is 9.15. The standard InChI is InChI=1S/C20H21F2N5/c1-12-15-3-2-4-18(15)26-19(25-12)7-8-23-10-13-11-24-27-20(13)16-6-5-14(21)9-17(16)22/h5-6,9,11,23H,2-4,7-8,10H2,1H3,(H,24,27). The molecule has 1 aromatic carbocycles. The summed E-state index contributed by atoms with van der Waals surface area (Å²) in [7, 11) is 0. The van der Waals surface area contributed by atoms with Crippen LogP contribution in [0.2, 0.25) is 0 Å². The maximum Gasteiger partial charge on any atom is 0.135 e. The SMILES string of the molecule is Cc1nc(CCNCc2cn[nH]c2-c2ccc(F)cc2F)nc2c1CCC2. The summed E-state index contributed by atoms with van der Waals surface area (Å²) in [4.78, 5) is 9.29. The molecule has 1 aliphatic carbocycles. The first-order valence-corrected chi connectivity index (χ1v) is 9.15. The topological polar surface area (TPSA) is 66.5 Å². The molecular weight excluding hydrogens is 348 g/mol. The molecular formula is C20H21F2N5. The molecule has 140 valence electrons. The molecule has 0 spiro atoms. The highest BCUT2D eigenvalue weighted by Crippen LogP contribution is 2.25. The smallest absolute Gasteiger partial charge is 0.135 e. The van der Waals surface area contributed by atoms with Crippen LogP contribution >= 0.6 is 0 Å². The second kappa shape index (κ2) is 7.52. The Labute approximate surface area is 156 Å². The normalized spacial score (nSPS) is 13.1. The summed E-state index contributed by atoms with van der Waals surface area (Å²) in [6, 6.07) is 3.54. The summed E-state index contributed by atoms with van der Waals surface area (Å²) in [5.74, 6) is -0.347. The zero-order valence-corrected chi connectivity index (χ0v) is 15.1. The van der Waals surface area contributed by atoms with Crippen LogP contribution in [0.1, 0.15) is 34.8 Å². The third-order valence-corrected chi connectivity index (χ3v) is 4.95. The van der Waals surface area contributed by atoms with Gasteiger partial charge in [0.2, 0.25) is 0 Å². The fraction of sp³-hybridized carbons (Fsp3) is 0.350. The zero-order valence-electron chi connectivity index (χ0n) is 15.1. The van der Waals surface area contributed by atoms with Crippen molar-refractivity contribution in [1.29, 1.82) is 0 Å². The van der Waals surface area contributed by atoms with Crippen LogP contribution in [-0.4, -0.2) is 26.7 Å². The highest BCUT2D eigenvalue weighted by atomic mass is 19.1. The van der Waals surface area contributed by atoms with Crippen molar-refractivity contribution >= 4 is 0 Å². The van der Waals surface area contributed by atoms with Gasteiger partial charge < -0.3 is 5.32 Å². The average Bonchev–Trinajstić information content (AvgIpc) is 3.28. The maximum absolute atomic E-state index is 14.0. The van der Waals surface area contributed by atoms with Gasteiger partial charge in [0.15, 0.2) is 0 Å². The Bertz CT molecular complexity index is 967. The summed E-state index contributed by atoms with van der Waals surface area (Å²) in [5, 5.41) is 10.1.